The van der Waals surface area contributed by atoms with Crippen molar-refractivity contribution in [3.63, 3.8) is 0 Å². The average molecular weight is 360 g/mol. The molecule has 1 aliphatic heterocycles. The van der Waals surface area contributed by atoms with Gasteiger partial charge in [0.25, 0.3) is 5.56 Å². The van der Waals surface area contributed by atoms with Gasteiger partial charge in [-0.05, 0) is 37.1 Å². The predicted molar refractivity (Wildman–Crippen MR) is 99.8 cm³/mol. The molecule has 0 fully saturated rings. The van der Waals surface area contributed by atoms with Gasteiger partial charge >= 0.3 is 0 Å². The minimum absolute atomic E-state index is 0. The smallest absolute Gasteiger partial charge is 0.253 e. The summed E-state index contributed by atoms with van der Waals surface area (Å²) in [6, 6.07) is 4.07. The van der Waals surface area contributed by atoms with Crippen molar-refractivity contribution >= 4 is 41.4 Å². The third-order valence-electron chi connectivity index (χ3n) is 3.94. The average Bonchev–Trinajstić information content (AvgIpc) is 2.52. The van der Waals surface area contributed by atoms with Gasteiger partial charge in [-0.25, -0.2) is 0 Å². The minimum Gasteiger partial charge on any atom is -0.496 e. The summed E-state index contributed by atoms with van der Waals surface area (Å²) < 4.78 is 5.56. The molecule has 0 radical (unpaired) electrons. The van der Waals surface area contributed by atoms with E-state index < -0.39 is 0 Å². The molecule has 7 heteroatoms. The van der Waals surface area contributed by atoms with Crippen LogP contribution in [0.25, 0.3) is 10.9 Å². The summed E-state index contributed by atoms with van der Waals surface area (Å²) in [6.07, 6.45) is 1.80. The number of anilines is 1. The highest BCUT2D eigenvalue weighted by atomic mass is 35.5. The van der Waals surface area contributed by atoms with Gasteiger partial charge in [-0.3, -0.25) is 4.79 Å². The standard InChI is InChI=1S/C16H21N3O2.2ClH/c1-3-17-9-10-7-12-14(13(8-10)21-2)15-11(16(20)19-12)5-4-6-18-15;;/h7-8,17-18H,3-6,9H2,1-2H3,(H,19,20);2*1H. The Morgan fingerprint density at radius 2 is 2.09 bits per heavy atom. The fourth-order valence-corrected chi connectivity index (χ4v) is 2.94. The van der Waals surface area contributed by atoms with Crippen molar-refractivity contribution in [2.45, 2.75) is 26.3 Å². The molecule has 3 rings (SSSR count). The van der Waals surface area contributed by atoms with Gasteiger partial charge in [0.1, 0.15) is 5.75 Å². The zero-order valence-corrected chi connectivity index (χ0v) is 15.0. The van der Waals surface area contributed by atoms with E-state index in [4.69, 9.17) is 4.74 Å². The van der Waals surface area contributed by atoms with Crippen LogP contribution in [0.4, 0.5) is 5.69 Å². The van der Waals surface area contributed by atoms with Gasteiger partial charge in [0, 0.05) is 18.7 Å². The lowest BCUT2D eigenvalue weighted by atomic mass is 10.00. The molecule has 0 unspecified atom stereocenters. The van der Waals surface area contributed by atoms with Gasteiger partial charge in [-0.2, -0.15) is 0 Å². The summed E-state index contributed by atoms with van der Waals surface area (Å²) in [5, 5.41) is 7.64. The van der Waals surface area contributed by atoms with Gasteiger partial charge in [-0.15, -0.1) is 24.8 Å². The molecule has 0 saturated heterocycles. The molecule has 5 nitrogen and oxygen atoms in total. The highest BCUT2D eigenvalue weighted by Gasteiger charge is 2.19. The van der Waals surface area contributed by atoms with Crippen LogP contribution >= 0.6 is 24.8 Å². The molecule has 128 valence electrons. The van der Waals surface area contributed by atoms with E-state index in [0.29, 0.717) is 0 Å². The highest BCUT2D eigenvalue weighted by molar-refractivity contribution is 5.98. The SMILES string of the molecule is CCNCc1cc(OC)c2c3c(c(=O)[nH]c2c1)CCCN3.Cl.Cl. The van der Waals surface area contributed by atoms with Crippen LogP contribution in [0.3, 0.4) is 0 Å². The fourth-order valence-electron chi connectivity index (χ4n) is 2.94. The van der Waals surface area contributed by atoms with E-state index in [1.807, 2.05) is 12.1 Å². The number of ether oxygens (including phenoxy) is 1. The largest absolute Gasteiger partial charge is 0.496 e. The molecule has 0 saturated carbocycles. The Morgan fingerprint density at radius 1 is 1.30 bits per heavy atom. The second kappa shape index (κ2) is 8.43. The number of methoxy groups -OCH3 is 1. The molecule has 0 atom stereocenters. The summed E-state index contributed by atoms with van der Waals surface area (Å²) in [5.74, 6) is 0.808. The van der Waals surface area contributed by atoms with E-state index in [9.17, 15) is 4.79 Å². The van der Waals surface area contributed by atoms with E-state index in [2.05, 4.69) is 22.5 Å². The number of hydrogen-bond acceptors (Lipinski definition) is 4. The Labute approximate surface area is 148 Å². The summed E-state index contributed by atoms with van der Waals surface area (Å²) in [7, 11) is 1.67. The number of rotatable bonds is 4. The van der Waals surface area contributed by atoms with Crippen molar-refractivity contribution < 1.29 is 4.74 Å². The molecule has 0 amide bonds. The second-order valence-electron chi connectivity index (χ2n) is 5.34. The first-order valence-electron chi connectivity index (χ1n) is 7.45. The third-order valence-corrected chi connectivity index (χ3v) is 3.94. The number of nitrogens with one attached hydrogen (secondary N) is 3. The normalized spacial score (nSPS) is 12.6. The topological polar surface area (TPSA) is 66.1 Å². The maximum atomic E-state index is 12.3. The second-order valence-corrected chi connectivity index (χ2v) is 5.34. The molecule has 1 aliphatic rings. The number of pyridine rings is 1. The molecule has 1 aromatic heterocycles. The molecule has 2 heterocycles. The number of fused-ring (bicyclic) bond motifs is 3. The lowest BCUT2D eigenvalue weighted by Crippen LogP contribution is -2.22. The van der Waals surface area contributed by atoms with Gasteiger partial charge in [0.05, 0.1) is 23.7 Å². The number of H-pyrrole nitrogens is 1. The molecular formula is C16H23Cl2N3O2. The fraction of sp³-hybridized carbons (Fsp3) is 0.438. The monoisotopic (exact) mass is 359 g/mol. The van der Waals surface area contributed by atoms with Crippen molar-refractivity contribution in [1.29, 1.82) is 0 Å². The van der Waals surface area contributed by atoms with Crippen LogP contribution in [0.15, 0.2) is 16.9 Å². The van der Waals surface area contributed by atoms with E-state index >= 15 is 0 Å². The molecule has 0 aliphatic carbocycles. The van der Waals surface area contributed by atoms with Crippen molar-refractivity contribution in [1.82, 2.24) is 10.3 Å². The summed E-state index contributed by atoms with van der Waals surface area (Å²) in [4.78, 5) is 15.3. The van der Waals surface area contributed by atoms with Crippen molar-refractivity contribution in [2.24, 2.45) is 0 Å². The van der Waals surface area contributed by atoms with Crippen molar-refractivity contribution in [2.75, 3.05) is 25.5 Å². The summed E-state index contributed by atoms with van der Waals surface area (Å²) >= 11 is 0. The van der Waals surface area contributed by atoms with Crippen LogP contribution < -0.4 is 20.9 Å². The van der Waals surface area contributed by atoms with E-state index in [0.717, 1.165) is 65.9 Å². The first-order chi connectivity index (χ1) is 10.2. The zero-order chi connectivity index (χ0) is 14.8. The predicted octanol–water partition coefficient (Wildman–Crippen LogP) is 2.85. The maximum Gasteiger partial charge on any atom is 0.253 e. The molecule has 3 N–H and O–H groups in total. The maximum absolute atomic E-state index is 12.3. The van der Waals surface area contributed by atoms with Crippen LogP contribution in [0.2, 0.25) is 0 Å². The van der Waals surface area contributed by atoms with Crippen LogP contribution in [0, 0.1) is 0 Å². The Bertz CT molecular complexity index is 731. The number of aromatic amines is 1. The summed E-state index contributed by atoms with van der Waals surface area (Å²) in [6.45, 7) is 4.63. The lowest BCUT2D eigenvalue weighted by Gasteiger charge is -2.21. The third kappa shape index (κ3) is 3.74. The highest BCUT2D eigenvalue weighted by Crippen LogP contribution is 2.35. The van der Waals surface area contributed by atoms with E-state index in [1.165, 1.54) is 0 Å². The van der Waals surface area contributed by atoms with E-state index in [1.54, 1.807) is 7.11 Å². The Balaban J connectivity index is 0.00000132. The number of aromatic nitrogens is 1. The Hall–Kier alpha value is -1.43. The lowest BCUT2D eigenvalue weighted by molar-refractivity contribution is 0.419. The molecule has 0 bridgehead atoms. The quantitative estimate of drug-likeness (QED) is 0.785. The number of halogens is 2. The first kappa shape index (κ1) is 19.6. The number of hydrogen-bond donors (Lipinski definition) is 3. The van der Waals surface area contributed by atoms with Crippen LogP contribution in [0.1, 0.15) is 24.5 Å². The Morgan fingerprint density at radius 3 is 2.78 bits per heavy atom. The van der Waals surface area contributed by atoms with Gasteiger partial charge < -0.3 is 20.4 Å². The van der Waals surface area contributed by atoms with Gasteiger partial charge in [0.15, 0.2) is 0 Å². The minimum atomic E-state index is 0. The first-order valence-corrected chi connectivity index (χ1v) is 7.45. The molecule has 1 aromatic carbocycles. The molecular weight excluding hydrogens is 337 g/mol. The van der Waals surface area contributed by atoms with Crippen LogP contribution in [-0.4, -0.2) is 25.2 Å². The van der Waals surface area contributed by atoms with Crippen molar-refractivity contribution in [3.05, 3.63) is 33.6 Å². The number of benzene rings is 1. The summed E-state index contributed by atoms with van der Waals surface area (Å²) in [5.41, 5.74) is 3.72. The zero-order valence-electron chi connectivity index (χ0n) is 13.3. The molecule has 0 spiro atoms. The Kier molecular flexibility index (Phi) is 7.19. The molecule has 23 heavy (non-hydrogen) atoms. The van der Waals surface area contributed by atoms with Gasteiger partial charge in [0.2, 0.25) is 0 Å². The van der Waals surface area contributed by atoms with Gasteiger partial charge in [-0.1, -0.05) is 6.92 Å². The van der Waals surface area contributed by atoms with Crippen molar-refractivity contribution in [3.8, 4) is 5.75 Å². The van der Waals surface area contributed by atoms with Crippen LogP contribution in [0.5, 0.6) is 5.75 Å². The van der Waals surface area contributed by atoms with E-state index in [-0.39, 0.29) is 30.4 Å². The van der Waals surface area contributed by atoms with Crippen LogP contribution in [-0.2, 0) is 13.0 Å². The molecule has 2 aromatic rings.